The summed E-state index contributed by atoms with van der Waals surface area (Å²) in [5.74, 6) is -0.271. The molecule has 2 amide bonds. The fourth-order valence-corrected chi connectivity index (χ4v) is 6.19. The quantitative estimate of drug-likeness (QED) is 0.234. The molecule has 6 rings (SSSR count). The van der Waals surface area contributed by atoms with Crippen molar-refractivity contribution in [2.24, 2.45) is 5.41 Å². The fourth-order valence-electron chi connectivity index (χ4n) is 5.90. The van der Waals surface area contributed by atoms with Crippen LogP contribution in [0.2, 0.25) is 0 Å². The summed E-state index contributed by atoms with van der Waals surface area (Å²) in [6.45, 7) is 7.04. The number of Topliss-reactive ketones (excluding diaryl/α,β-unsaturated/α-hetero) is 1. The summed E-state index contributed by atoms with van der Waals surface area (Å²) >= 11 is 3.07. The maximum absolute atomic E-state index is 13.9. The lowest BCUT2D eigenvalue weighted by Crippen LogP contribution is -2.46. The lowest BCUT2D eigenvalue weighted by molar-refractivity contribution is -0.138. The molecule has 4 heterocycles. The third-order valence-corrected chi connectivity index (χ3v) is 8.83. The first-order chi connectivity index (χ1) is 19.4. The minimum absolute atomic E-state index is 0.00591. The van der Waals surface area contributed by atoms with Crippen LogP contribution >= 0.6 is 15.9 Å². The van der Waals surface area contributed by atoms with Crippen molar-refractivity contribution < 1.29 is 18.8 Å². The highest BCUT2D eigenvalue weighted by Gasteiger charge is 2.64. The molecule has 1 unspecified atom stereocenters. The summed E-state index contributed by atoms with van der Waals surface area (Å²) in [4.78, 5) is 54.2. The Kier molecular flexibility index (Phi) is 6.52. The molecular formula is C30H28BrFN6O3. The van der Waals surface area contributed by atoms with Crippen LogP contribution in [-0.2, 0) is 16.1 Å². The van der Waals surface area contributed by atoms with Crippen molar-refractivity contribution in [2.45, 2.75) is 59.2 Å². The van der Waals surface area contributed by atoms with Crippen molar-refractivity contribution in [1.82, 2.24) is 24.4 Å². The number of likely N-dealkylation sites (tertiary alicyclic amines) is 1. The normalized spacial score (nSPS) is 21.2. The molecule has 4 aromatic rings. The molecule has 0 spiro atoms. The molecule has 0 bridgehead atoms. The molecule has 1 N–H and O–H groups in total. The summed E-state index contributed by atoms with van der Waals surface area (Å²) in [6, 6.07) is 6.30. The Labute approximate surface area is 244 Å². The van der Waals surface area contributed by atoms with E-state index in [-0.39, 0.29) is 46.0 Å². The molecule has 11 heteroatoms. The van der Waals surface area contributed by atoms with Gasteiger partial charge < -0.3 is 14.8 Å². The third-order valence-electron chi connectivity index (χ3n) is 8.27. The zero-order valence-electron chi connectivity index (χ0n) is 23.0. The Morgan fingerprint density at radius 3 is 2.56 bits per heavy atom. The van der Waals surface area contributed by atoms with E-state index in [4.69, 9.17) is 0 Å². The first-order valence-electron chi connectivity index (χ1n) is 13.3. The maximum Gasteiger partial charge on any atom is 0.248 e. The number of benzene rings is 1. The van der Waals surface area contributed by atoms with Crippen LogP contribution in [0, 0.1) is 25.1 Å². The molecule has 1 aromatic carbocycles. The second-order valence-electron chi connectivity index (χ2n) is 11.3. The van der Waals surface area contributed by atoms with Crippen LogP contribution in [0.3, 0.4) is 0 Å². The monoisotopic (exact) mass is 618 g/mol. The summed E-state index contributed by atoms with van der Waals surface area (Å²) < 4.78 is 15.6. The summed E-state index contributed by atoms with van der Waals surface area (Å²) in [7, 11) is 0. The average Bonchev–Trinajstić information content (AvgIpc) is 3.29. The number of fused-ring (bicyclic) bond motifs is 2. The van der Waals surface area contributed by atoms with E-state index in [0.29, 0.717) is 23.4 Å². The predicted molar refractivity (Wildman–Crippen MR) is 155 cm³/mol. The van der Waals surface area contributed by atoms with Crippen LogP contribution in [0.15, 0.2) is 47.5 Å². The Balaban J connectivity index is 1.28. The number of anilines is 1. The highest BCUT2D eigenvalue weighted by Crippen LogP contribution is 2.59. The Morgan fingerprint density at radius 2 is 1.85 bits per heavy atom. The smallest absolute Gasteiger partial charge is 0.248 e. The molecule has 1 aliphatic carbocycles. The molecule has 3 atom stereocenters. The van der Waals surface area contributed by atoms with Crippen molar-refractivity contribution in [3.05, 3.63) is 70.2 Å². The second-order valence-corrected chi connectivity index (χ2v) is 12.0. The number of amides is 2. The zero-order chi connectivity index (χ0) is 29.2. The number of pyridine rings is 1. The number of rotatable bonds is 6. The van der Waals surface area contributed by atoms with Gasteiger partial charge in [0.2, 0.25) is 11.8 Å². The fraction of sp³-hybridized carbons (Fsp3) is 0.333. The van der Waals surface area contributed by atoms with Gasteiger partial charge in [0.15, 0.2) is 11.6 Å². The number of aryl methyl sites for hydroxylation is 2. The largest absolute Gasteiger partial charge is 0.337 e. The van der Waals surface area contributed by atoms with Gasteiger partial charge in [0.05, 0.1) is 0 Å². The molecule has 41 heavy (non-hydrogen) atoms. The van der Waals surface area contributed by atoms with Gasteiger partial charge in [0.25, 0.3) is 0 Å². The number of carbonyl (C=O) groups is 3. The first-order valence-corrected chi connectivity index (χ1v) is 14.1. The van der Waals surface area contributed by atoms with Gasteiger partial charge in [-0.3, -0.25) is 14.4 Å². The predicted octanol–water partition coefficient (Wildman–Crippen LogP) is 5.23. The van der Waals surface area contributed by atoms with Crippen LogP contribution in [0.4, 0.5) is 10.2 Å². The molecular weight excluding hydrogens is 591 g/mol. The Bertz CT molecular complexity index is 1750. The van der Waals surface area contributed by atoms with Gasteiger partial charge in [-0.2, -0.15) is 0 Å². The van der Waals surface area contributed by atoms with Crippen molar-refractivity contribution in [3.63, 3.8) is 0 Å². The summed E-state index contributed by atoms with van der Waals surface area (Å²) in [5, 5.41) is 3.53. The number of piperidine rings is 1. The number of hydrogen-bond donors (Lipinski definition) is 1. The van der Waals surface area contributed by atoms with Gasteiger partial charge in [-0.15, -0.1) is 0 Å². The molecule has 3 aromatic heterocycles. The Morgan fingerprint density at radius 1 is 1.12 bits per heavy atom. The van der Waals surface area contributed by atoms with E-state index in [1.165, 1.54) is 13.0 Å². The van der Waals surface area contributed by atoms with Crippen molar-refractivity contribution in [2.75, 3.05) is 5.32 Å². The number of nitrogens with zero attached hydrogens (tertiary/aromatic N) is 5. The minimum Gasteiger partial charge on any atom is -0.337 e. The lowest BCUT2D eigenvalue weighted by Gasteiger charge is -2.27. The van der Waals surface area contributed by atoms with E-state index in [1.54, 1.807) is 35.0 Å². The van der Waals surface area contributed by atoms with Gasteiger partial charge in [0, 0.05) is 46.7 Å². The molecule has 9 nitrogen and oxygen atoms in total. The Hall–Kier alpha value is -3.99. The first kappa shape index (κ1) is 27.2. The van der Waals surface area contributed by atoms with Gasteiger partial charge in [-0.05, 0) is 84.3 Å². The maximum atomic E-state index is 13.9. The van der Waals surface area contributed by atoms with Crippen LogP contribution < -0.4 is 5.32 Å². The average molecular weight is 619 g/mol. The summed E-state index contributed by atoms with van der Waals surface area (Å²) in [5.41, 5.74) is 3.31. The molecule has 0 radical (unpaired) electrons. The van der Waals surface area contributed by atoms with Crippen molar-refractivity contribution >= 4 is 50.2 Å². The molecule has 210 valence electrons. The topological polar surface area (TPSA) is 110 Å². The molecule has 2 aliphatic rings. The zero-order valence-corrected chi connectivity index (χ0v) is 24.6. The lowest BCUT2D eigenvalue weighted by atomic mass is 10.0. The van der Waals surface area contributed by atoms with E-state index in [9.17, 15) is 18.8 Å². The van der Waals surface area contributed by atoms with E-state index in [0.717, 1.165) is 28.5 Å². The van der Waals surface area contributed by atoms with Crippen LogP contribution in [-0.4, -0.2) is 54.1 Å². The third kappa shape index (κ3) is 4.81. The molecule has 1 saturated heterocycles. The molecule has 1 aliphatic heterocycles. The van der Waals surface area contributed by atoms with Gasteiger partial charge >= 0.3 is 0 Å². The van der Waals surface area contributed by atoms with Gasteiger partial charge in [-0.25, -0.2) is 19.3 Å². The minimum atomic E-state index is -0.682. The summed E-state index contributed by atoms with van der Waals surface area (Å²) in [6.07, 6.45) is 6.55. The standard InChI is InChI=1S/C30H28BrFN6O3/c1-15-7-22(32)27(31)35-28(15)36-29(41)24-9-30(4)10-25(30)38(24)26(40)14-37-13-21(16(2)39)20-8-18(5-6-23(20)37)19-11-33-17(3)34-12-19/h5-8,11-13,24-25H,9-10,14H2,1-4H3,(H,35,36,41)/t24-,25?,30-/m0/s1. The molecule has 1 saturated carbocycles. The van der Waals surface area contributed by atoms with Gasteiger partial charge in [-0.1, -0.05) is 13.0 Å². The van der Waals surface area contributed by atoms with E-state index in [2.05, 4.69) is 43.1 Å². The number of ketones is 1. The van der Waals surface area contributed by atoms with E-state index in [1.807, 2.05) is 25.1 Å². The number of aromatic nitrogens is 4. The van der Waals surface area contributed by atoms with Crippen molar-refractivity contribution in [1.29, 1.82) is 0 Å². The van der Waals surface area contributed by atoms with Crippen LogP contribution in [0.25, 0.3) is 22.0 Å². The van der Waals surface area contributed by atoms with E-state index < -0.39 is 11.9 Å². The number of nitrogens with one attached hydrogen (secondary N) is 1. The molecule has 2 fully saturated rings. The van der Waals surface area contributed by atoms with E-state index >= 15 is 0 Å². The number of carbonyl (C=O) groups excluding carboxylic acids is 3. The van der Waals surface area contributed by atoms with Crippen LogP contribution in [0.5, 0.6) is 0 Å². The van der Waals surface area contributed by atoms with Gasteiger partial charge in [0.1, 0.15) is 28.8 Å². The second kappa shape index (κ2) is 9.83. The highest BCUT2D eigenvalue weighted by molar-refractivity contribution is 9.10. The van der Waals surface area contributed by atoms with Crippen molar-refractivity contribution in [3.8, 4) is 11.1 Å². The number of hydrogen-bond acceptors (Lipinski definition) is 6. The van der Waals surface area contributed by atoms with Crippen LogP contribution in [0.1, 0.15) is 48.4 Å². The SMILES string of the molecule is CC(=O)c1cn(CC(=O)N2C3C[C@]3(C)C[C@H]2C(=O)Nc2nc(Br)c(F)cc2C)c2ccc(-c3cnc(C)nc3)cc12. The highest BCUT2D eigenvalue weighted by atomic mass is 79.9. The number of halogens is 2.